The van der Waals surface area contributed by atoms with E-state index in [2.05, 4.69) is 81.4 Å². The van der Waals surface area contributed by atoms with Crippen LogP contribution in [-0.4, -0.2) is 11.7 Å². The van der Waals surface area contributed by atoms with E-state index in [0.717, 1.165) is 0 Å². The molecule has 0 atom stereocenters. The van der Waals surface area contributed by atoms with Gasteiger partial charge >= 0.3 is 65.2 Å². The number of nitrogens with one attached hydrogen (secondary N) is 1. The van der Waals surface area contributed by atoms with Gasteiger partial charge in [-0.15, -0.1) is 40.1 Å². The van der Waals surface area contributed by atoms with E-state index >= 15 is 0 Å². The van der Waals surface area contributed by atoms with Crippen molar-refractivity contribution in [3.63, 3.8) is 0 Å². The van der Waals surface area contributed by atoms with Crippen LogP contribution >= 0.6 is 18.6 Å². The smallest absolute Gasteiger partial charge is 0.0279 e. The van der Waals surface area contributed by atoms with Crippen LogP contribution in [-0.2, 0) is 14.5 Å². The first kappa shape index (κ1) is 26.6. The van der Waals surface area contributed by atoms with E-state index in [1.165, 1.54) is 39.6 Å². The molecule has 0 aliphatic heterocycles. The maximum Gasteiger partial charge on any atom is -0.0279 e. The number of fused-ring (bicyclic) bond motifs is 1. The summed E-state index contributed by atoms with van der Waals surface area (Å²) in [6.45, 7) is 12.1. The molecular weight excluding hydrogens is 449 g/mol. The quantitative estimate of drug-likeness (QED) is 0.262. The molecule has 3 aromatic carbocycles. The van der Waals surface area contributed by atoms with Crippen molar-refractivity contribution in [1.29, 1.82) is 0 Å². The van der Waals surface area contributed by atoms with E-state index in [-0.39, 0.29) is 11.7 Å². The summed E-state index contributed by atoms with van der Waals surface area (Å²) in [5, 5.41) is 2.69. The minimum absolute atomic E-state index is 0.243. The van der Waals surface area contributed by atoms with Gasteiger partial charge in [0.1, 0.15) is 0 Å². The van der Waals surface area contributed by atoms with Crippen LogP contribution < -0.4 is 0 Å². The molecule has 0 aliphatic carbocycles. The first-order valence-corrected chi connectivity index (χ1v) is 18.6. The minimum Gasteiger partial charge on any atom is -0.165 e. The number of rotatable bonds is 3. The van der Waals surface area contributed by atoms with Gasteiger partial charge in [-0.3, -0.25) is 0 Å². The predicted octanol–water partition coefficient (Wildman–Crippen LogP) is 9.31. The Hall–Kier alpha value is -0.479. The second-order valence-electron chi connectivity index (χ2n) is 8.03. The third kappa shape index (κ3) is 10.4. The van der Waals surface area contributed by atoms with Gasteiger partial charge in [0.2, 0.25) is 0 Å². The van der Waals surface area contributed by atoms with Gasteiger partial charge in [0.25, 0.3) is 0 Å². The fourth-order valence-electron chi connectivity index (χ4n) is 2.77. The van der Waals surface area contributed by atoms with E-state index in [4.69, 9.17) is 24.3 Å². The molecule has 1 nitrogen and oxygen atoms in total. The van der Waals surface area contributed by atoms with Crippen molar-refractivity contribution in [2.24, 2.45) is 0 Å². The largest absolute Gasteiger partial charge is 0.165 e. The summed E-state index contributed by atoms with van der Waals surface area (Å²) in [4.78, 5) is 0. The molecule has 0 saturated carbocycles. The monoisotopic (exact) mass is 481 g/mol. The molecule has 29 heavy (non-hydrogen) atoms. The molecule has 0 radical (unpaired) electrons. The van der Waals surface area contributed by atoms with Crippen LogP contribution in [0.4, 0.5) is 0 Å². The van der Waals surface area contributed by atoms with Crippen molar-refractivity contribution in [2.75, 3.05) is 0 Å². The Kier molecular flexibility index (Phi) is 11.9. The van der Waals surface area contributed by atoms with Crippen molar-refractivity contribution in [2.45, 2.75) is 59.2 Å². The summed E-state index contributed by atoms with van der Waals surface area (Å²) in [6, 6.07) is 24.1. The molecule has 3 rings (SSSR count). The van der Waals surface area contributed by atoms with E-state index in [9.17, 15) is 0 Å². The maximum absolute atomic E-state index is 6.94. The Morgan fingerprint density at radius 2 is 1.52 bits per heavy atom. The van der Waals surface area contributed by atoms with Crippen LogP contribution in [0, 0.1) is 6.92 Å². The van der Waals surface area contributed by atoms with E-state index in [1.807, 2.05) is 20.8 Å². The maximum atomic E-state index is 6.94. The van der Waals surface area contributed by atoms with Gasteiger partial charge < -0.3 is 5.73 Å². The van der Waals surface area contributed by atoms with Crippen molar-refractivity contribution < 1.29 is 14.5 Å². The molecule has 0 spiro atoms. The number of hydrogen-bond acceptors (Lipinski definition) is 0. The van der Waals surface area contributed by atoms with Crippen LogP contribution in [0.15, 0.2) is 60.7 Å². The van der Waals surface area contributed by atoms with Crippen molar-refractivity contribution in [3.8, 4) is 11.1 Å². The zero-order valence-corrected chi connectivity index (χ0v) is 22.5. The third-order valence-corrected chi connectivity index (χ3v) is 18.8. The van der Waals surface area contributed by atoms with Gasteiger partial charge in [0.05, 0.1) is 0 Å². The van der Waals surface area contributed by atoms with Crippen molar-refractivity contribution >= 4 is 35.6 Å². The second-order valence-corrected chi connectivity index (χ2v) is 23.4. The number of hydrogen-bond donors (Lipinski definition) is 0. The van der Waals surface area contributed by atoms with Gasteiger partial charge in [-0.05, 0) is 5.56 Å². The summed E-state index contributed by atoms with van der Waals surface area (Å²) >= 11 is -1.47. The number of aryl methyl sites for hydroxylation is 1. The van der Waals surface area contributed by atoms with E-state index in [0.29, 0.717) is 0 Å². The Morgan fingerprint density at radius 1 is 0.966 bits per heavy atom. The van der Waals surface area contributed by atoms with E-state index < -0.39 is 14.5 Å². The summed E-state index contributed by atoms with van der Waals surface area (Å²) in [6.07, 6.45) is -0.243. The van der Waals surface area contributed by atoms with Crippen LogP contribution in [0.1, 0.15) is 40.2 Å². The van der Waals surface area contributed by atoms with Crippen molar-refractivity contribution in [1.82, 2.24) is 0 Å². The van der Waals surface area contributed by atoms with Gasteiger partial charge in [-0.25, -0.2) is 0 Å². The molecule has 3 aromatic rings. The Morgan fingerprint density at radius 3 is 1.97 bits per heavy atom. The zero-order chi connectivity index (χ0) is 22.0. The Bertz CT molecular complexity index is 896. The van der Waals surface area contributed by atoms with Gasteiger partial charge in [-0.1, -0.05) is 69.7 Å². The SMILES string of the molecule is CC(C)(C)[NH-].CC[Si](CC)=[Ti]([Cl])[Cl].Cc1cc2c(-c3ccccc3)cccc2[cH-]1. The molecule has 0 heterocycles. The first-order chi connectivity index (χ1) is 13.6. The normalized spacial score (nSPS) is 10.5. The molecule has 158 valence electrons. The molecule has 0 aromatic heterocycles. The summed E-state index contributed by atoms with van der Waals surface area (Å²) in [5.74, 6) is 0. The van der Waals surface area contributed by atoms with Crippen LogP contribution in [0.5, 0.6) is 0 Å². The topological polar surface area (TPSA) is 23.8 Å². The average Bonchev–Trinajstić information content (AvgIpc) is 3.02. The first-order valence-electron chi connectivity index (χ1n) is 10.1. The predicted molar refractivity (Wildman–Crippen MR) is 132 cm³/mol. The fourth-order valence-corrected chi connectivity index (χ4v) is 12.9. The third-order valence-electron chi connectivity index (χ3n) is 4.10. The molecule has 0 unspecified atom stereocenters. The standard InChI is InChI=1S/C16H13.C4H10N.C4H10Si.2ClH.Ti/c1-12-10-14-8-5-9-15(16(14)11-12)13-6-3-2-4-7-13;1-4(2,3)5;1-3-5-4-2;;;/h2-11H,1H3;5H,1-3H3;3-4H2,1-2H3;2*1H;/q2*-1;;;;+2/p-2. The zero-order valence-electron chi connectivity index (χ0n) is 18.4. The molecule has 1 N–H and O–H groups in total. The van der Waals surface area contributed by atoms with Gasteiger partial charge in [0.15, 0.2) is 0 Å². The average molecular weight is 482 g/mol. The Labute approximate surface area is 191 Å². The molecule has 5 heteroatoms. The summed E-state index contributed by atoms with van der Waals surface area (Å²) < 4.78 is 0. The second kappa shape index (κ2) is 13.0. The molecule has 0 amide bonds. The summed E-state index contributed by atoms with van der Waals surface area (Å²) in [5.41, 5.74) is 10.6. The molecule has 0 aliphatic rings. The van der Waals surface area contributed by atoms with Gasteiger partial charge in [-0.2, -0.15) is 6.07 Å². The Balaban J connectivity index is 0.000000273. The summed E-state index contributed by atoms with van der Waals surface area (Å²) in [7, 11) is 11.6. The fraction of sp³-hybridized carbons (Fsp3) is 0.375. The molecular formula is C24H33Cl2NSiTi-2. The van der Waals surface area contributed by atoms with Crippen LogP contribution in [0.25, 0.3) is 27.6 Å². The minimum atomic E-state index is -1.47. The van der Waals surface area contributed by atoms with Crippen molar-refractivity contribution in [3.05, 3.63) is 72.0 Å². The van der Waals surface area contributed by atoms with Crippen LogP contribution in [0.3, 0.4) is 0 Å². The molecule has 0 fully saturated rings. The molecule has 0 saturated heterocycles. The van der Waals surface area contributed by atoms with Crippen LogP contribution in [0.2, 0.25) is 12.1 Å². The van der Waals surface area contributed by atoms with E-state index in [1.54, 1.807) is 0 Å². The van der Waals surface area contributed by atoms with Gasteiger partial charge in [0, 0.05) is 0 Å². The number of benzene rings is 2. The molecule has 0 bridgehead atoms. The number of halogens is 2.